The highest BCUT2D eigenvalue weighted by molar-refractivity contribution is 5.77. The van der Waals surface area contributed by atoms with E-state index in [0.717, 1.165) is 0 Å². The highest BCUT2D eigenvalue weighted by atomic mass is 16.5. The van der Waals surface area contributed by atoms with E-state index in [4.69, 9.17) is 9.84 Å². The van der Waals surface area contributed by atoms with Crippen molar-refractivity contribution in [2.75, 3.05) is 13.2 Å². The number of hydrogen-bond acceptors (Lipinski definition) is 3. The highest BCUT2D eigenvalue weighted by Crippen LogP contribution is 2.18. The Morgan fingerprint density at radius 2 is 1.80 bits per heavy atom. The molecule has 0 fully saturated rings. The molecule has 2 N–H and O–H groups in total. The number of benzene rings is 1. The van der Waals surface area contributed by atoms with Gasteiger partial charge >= 0.3 is 0 Å². The Morgan fingerprint density at radius 3 is 2.25 bits per heavy atom. The van der Waals surface area contributed by atoms with Crippen molar-refractivity contribution in [1.82, 2.24) is 5.32 Å². The summed E-state index contributed by atoms with van der Waals surface area (Å²) in [6.45, 7) is 8.06. The average Bonchev–Trinajstić information content (AvgIpc) is 2.42. The number of amides is 1. The molecule has 1 amide bonds. The fourth-order valence-electron chi connectivity index (χ4n) is 1.77. The van der Waals surface area contributed by atoms with Gasteiger partial charge in [-0.1, -0.05) is 39.8 Å². The van der Waals surface area contributed by atoms with Crippen LogP contribution in [0.5, 0.6) is 5.75 Å². The minimum absolute atomic E-state index is 0.0375. The summed E-state index contributed by atoms with van der Waals surface area (Å²) in [4.78, 5) is 11.7. The lowest BCUT2D eigenvalue weighted by molar-refractivity contribution is -0.124. The maximum absolute atomic E-state index is 11.7. The number of ether oxygens (including phenoxy) is 1. The van der Waals surface area contributed by atoms with E-state index in [-0.39, 0.29) is 31.1 Å². The summed E-state index contributed by atoms with van der Waals surface area (Å²) in [5.74, 6) is 1.12. The van der Waals surface area contributed by atoms with Gasteiger partial charge in [0.15, 0.2) is 6.61 Å². The minimum Gasteiger partial charge on any atom is -0.484 e. The molecular weight excluding hydrogens is 254 g/mol. The van der Waals surface area contributed by atoms with E-state index in [9.17, 15) is 4.79 Å². The zero-order valence-corrected chi connectivity index (χ0v) is 12.7. The van der Waals surface area contributed by atoms with Gasteiger partial charge in [-0.2, -0.15) is 0 Å². The average molecular weight is 279 g/mol. The van der Waals surface area contributed by atoms with E-state index >= 15 is 0 Å². The van der Waals surface area contributed by atoms with Crippen LogP contribution in [0.3, 0.4) is 0 Å². The molecule has 0 saturated carbocycles. The Kier molecular flexibility index (Phi) is 6.52. The van der Waals surface area contributed by atoms with E-state index < -0.39 is 0 Å². The molecule has 0 saturated heterocycles. The standard InChI is InChI=1S/C16H25NO3/c1-11(2)13-5-7-14(8-6-13)20-10-16(19)17-15(9-18)12(3)4/h5-8,11-12,15,18H,9-10H2,1-4H3,(H,17,19). The van der Waals surface area contributed by atoms with Gasteiger partial charge in [-0.15, -0.1) is 0 Å². The predicted molar refractivity (Wildman–Crippen MR) is 79.9 cm³/mol. The molecule has 20 heavy (non-hydrogen) atoms. The van der Waals surface area contributed by atoms with Gasteiger partial charge in [-0.3, -0.25) is 4.79 Å². The maximum atomic E-state index is 11.7. The molecule has 0 radical (unpaired) electrons. The summed E-state index contributed by atoms with van der Waals surface area (Å²) >= 11 is 0. The van der Waals surface area contributed by atoms with E-state index in [1.54, 1.807) is 0 Å². The molecule has 1 atom stereocenters. The van der Waals surface area contributed by atoms with Gasteiger partial charge in [-0.05, 0) is 29.5 Å². The zero-order chi connectivity index (χ0) is 15.1. The first-order chi connectivity index (χ1) is 9.43. The van der Waals surface area contributed by atoms with E-state index in [2.05, 4.69) is 19.2 Å². The molecule has 1 aromatic carbocycles. The van der Waals surface area contributed by atoms with Crippen molar-refractivity contribution >= 4 is 5.91 Å². The van der Waals surface area contributed by atoms with Gasteiger partial charge in [0.2, 0.25) is 0 Å². The number of carbonyl (C=O) groups is 1. The smallest absolute Gasteiger partial charge is 0.258 e. The maximum Gasteiger partial charge on any atom is 0.258 e. The lowest BCUT2D eigenvalue weighted by Crippen LogP contribution is -2.43. The summed E-state index contributed by atoms with van der Waals surface area (Å²) in [5.41, 5.74) is 1.24. The second kappa shape index (κ2) is 7.90. The van der Waals surface area contributed by atoms with Crippen LogP contribution < -0.4 is 10.1 Å². The summed E-state index contributed by atoms with van der Waals surface area (Å²) in [7, 11) is 0. The molecule has 112 valence electrons. The van der Waals surface area contributed by atoms with Crippen LogP contribution in [0.1, 0.15) is 39.2 Å². The third-order valence-corrected chi connectivity index (χ3v) is 3.26. The van der Waals surface area contributed by atoms with Crippen LogP contribution in [-0.4, -0.2) is 30.3 Å². The van der Waals surface area contributed by atoms with E-state index in [1.807, 2.05) is 38.1 Å². The van der Waals surface area contributed by atoms with Crippen molar-refractivity contribution in [2.45, 2.75) is 39.7 Å². The first kappa shape index (κ1) is 16.5. The van der Waals surface area contributed by atoms with E-state index in [1.165, 1.54) is 5.56 Å². The third-order valence-electron chi connectivity index (χ3n) is 3.26. The Morgan fingerprint density at radius 1 is 1.20 bits per heavy atom. The Labute approximate surface area is 121 Å². The van der Waals surface area contributed by atoms with Crippen molar-refractivity contribution in [2.24, 2.45) is 5.92 Å². The van der Waals surface area contributed by atoms with Gasteiger partial charge < -0.3 is 15.2 Å². The monoisotopic (exact) mass is 279 g/mol. The SMILES string of the molecule is CC(C)c1ccc(OCC(=O)NC(CO)C(C)C)cc1. The van der Waals surface area contributed by atoms with Crippen LogP contribution in [0.2, 0.25) is 0 Å². The number of nitrogens with one attached hydrogen (secondary N) is 1. The lowest BCUT2D eigenvalue weighted by atomic mass is 10.0. The topological polar surface area (TPSA) is 58.6 Å². The third kappa shape index (κ3) is 5.21. The molecule has 0 aliphatic rings. The Balaban J connectivity index is 2.44. The lowest BCUT2D eigenvalue weighted by Gasteiger charge is -2.19. The molecule has 0 aromatic heterocycles. The number of carbonyl (C=O) groups excluding carboxylic acids is 1. The van der Waals surface area contributed by atoms with Gasteiger partial charge in [-0.25, -0.2) is 0 Å². The summed E-state index contributed by atoms with van der Waals surface area (Å²) in [5, 5.41) is 11.9. The second-order valence-electron chi connectivity index (χ2n) is 5.61. The molecule has 0 aliphatic heterocycles. The molecule has 0 heterocycles. The normalized spacial score (nSPS) is 12.6. The molecule has 1 unspecified atom stereocenters. The second-order valence-corrected chi connectivity index (χ2v) is 5.61. The van der Waals surface area contributed by atoms with Gasteiger partial charge in [0.05, 0.1) is 12.6 Å². The fraction of sp³-hybridized carbons (Fsp3) is 0.562. The van der Waals surface area contributed by atoms with Crippen LogP contribution in [-0.2, 0) is 4.79 Å². The molecule has 0 spiro atoms. The summed E-state index contributed by atoms with van der Waals surface area (Å²) < 4.78 is 5.43. The molecule has 0 aliphatic carbocycles. The fourth-order valence-corrected chi connectivity index (χ4v) is 1.77. The van der Waals surface area contributed by atoms with Crippen molar-refractivity contribution < 1.29 is 14.6 Å². The van der Waals surface area contributed by atoms with E-state index in [0.29, 0.717) is 11.7 Å². The molecular formula is C16H25NO3. The van der Waals surface area contributed by atoms with Crippen LogP contribution in [0.25, 0.3) is 0 Å². The van der Waals surface area contributed by atoms with Crippen molar-refractivity contribution in [3.05, 3.63) is 29.8 Å². The molecule has 4 heteroatoms. The first-order valence-corrected chi connectivity index (χ1v) is 7.07. The van der Waals surface area contributed by atoms with Gasteiger partial charge in [0, 0.05) is 0 Å². The van der Waals surface area contributed by atoms with Gasteiger partial charge in [0.25, 0.3) is 5.91 Å². The first-order valence-electron chi connectivity index (χ1n) is 7.07. The highest BCUT2D eigenvalue weighted by Gasteiger charge is 2.15. The number of aliphatic hydroxyl groups excluding tert-OH is 1. The van der Waals surface area contributed by atoms with Crippen molar-refractivity contribution in [3.8, 4) is 5.75 Å². The van der Waals surface area contributed by atoms with Crippen LogP contribution in [0.15, 0.2) is 24.3 Å². The predicted octanol–water partition coefficient (Wildman–Crippen LogP) is 2.32. The number of aliphatic hydroxyl groups is 1. The van der Waals surface area contributed by atoms with Crippen LogP contribution in [0.4, 0.5) is 0 Å². The number of rotatable bonds is 7. The largest absolute Gasteiger partial charge is 0.484 e. The molecule has 4 nitrogen and oxygen atoms in total. The molecule has 1 aromatic rings. The minimum atomic E-state index is -0.227. The Bertz CT molecular complexity index is 412. The van der Waals surface area contributed by atoms with Crippen molar-refractivity contribution in [3.63, 3.8) is 0 Å². The molecule has 0 bridgehead atoms. The van der Waals surface area contributed by atoms with Crippen LogP contribution >= 0.6 is 0 Å². The molecule has 1 rings (SSSR count). The summed E-state index contributed by atoms with van der Waals surface area (Å²) in [6, 6.07) is 7.52. The zero-order valence-electron chi connectivity index (χ0n) is 12.7. The summed E-state index contributed by atoms with van der Waals surface area (Å²) in [6.07, 6.45) is 0. The van der Waals surface area contributed by atoms with Crippen LogP contribution in [0, 0.1) is 5.92 Å². The van der Waals surface area contributed by atoms with Crippen molar-refractivity contribution in [1.29, 1.82) is 0 Å². The van der Waals surface area contributed by atoms with Gasteiger partial charge in [0.1, 0.15) is 5.75 Å². The quantitative estimate of drug-likeness (QED) is 0.805. The Hall–Kier alpha value is -1.55. The number of hydrogen-bond donors (Lipinski definition) is 2.